The SMILES string of the molecule is CC[C@H](C)[C@H](NC(=O)[C@H](CCCN=C(N)N)NC(=O)[C@H](CCCCN)NC(=O)[C@H](CC(C)C)NC(=O)[C@H](CC(C)C)NC(=O)CN)C(=O)N[C@@H](CCCCN)C(=O)N[C@@H](CCCCN)C(=O)N[C@@H](CC(C)C)C(=O)N[C@@H](CC1CCCCC1)C(N)=O. The average molecular weight is 1220 g/mol. The molecule has 10 amide bonds. The standard InChI is InChI=1S/C59H113N17O10/c1-9-38(8)49(58(86)72-42(24-15-18-28-62)52(80)69-41(23-14-17-27-61)53(81)74-47(32-37(6)7)57(85)73-44(50(64)78)33-39-20-11-10-12-21-39)76-54(82)43(25-19-29-67-59(65)66)70-51(79)40(22-13-16-26-60)71-56(84)46(31-36(4)5)75-55(83)45(30-35(2)3)68-48(77)34-63/h35-47,49H,9-34,60-63H2,1-8H3,(H2,64,78)(H,68,77)(H,69,80)(H,70,79)(H,71,84)(H,72,86)(H,73,85)(H,74,81)(H,75,83)(H,76,82)(H4,65,66,67)/t38-,40-,41-,42-,43-,44-,45-,46-,47-,49-/m0/s1. The molecule has 86 heavy (non-hydrogen) atoms. The summed E-state index contributed by atoms with van der Waals surface area (Å²) in [6, 6.07) is -10.4. The molecule has 0 aromatic heterocycles. The molecule has 0 aliphatic heterocycles. The Morgan fingerprint density at radius 1 is 0.419 bits per heavy atom. The van der Waals surface area contributed by atoms with Gasteiger partial charge in [0.05, 0.1) is 6.54 Å². The van der Waals surface area contributed by atoms with Crippen molar-refractivity contribution in [3.05, 3.63) is 0 Å². The number of nitrogens with zero attached hydrogens (tertiary/aromatic N) is 1. The normalized spacial score (nSPS) is 16.1. The fraction of sp³-hybridized carbons (Fsp3) is 0.814. The number of unbranched alkanes of at least 4 members (excludes halogenated alkanes) is 3. The second-order valence-corrected chi connectivity index (χ2v) is 24.5. The maximum absolute atomic E-state index is 14.6. The van der Waals surface area contributed by atoms with E-state index in [1.54, 1.807) is 6.92 Å². The molecule has 1 rings (SSSR count). The van der Waals surface area contributed by atoms with Gasteiger partial charge in [-0.25, -0.2) is 0 Å². The van der Waals surface area contributed by atoms with Crippen LogP contribution in [0.3, 0.4) is 0 Å². The van der Waals surface area contributed by atoms with Gasteiger partial charge >= 0.3 is 0 Å². The van der Waals surface area contributed by atoms with Crippen LogP contribution in [0.15, 0.2) is 4.99 Å². The lowest BCUT2D eigenvalue weighted by Crippen LogP contribution is -2.61. The Hall–Kier alpha value is -6.19. The van der Waals surface area contributed by atoms with E-state index in [4.69, 9.17) is 40.1 Å². The summed E-state index contributed by atoms with van der Waals surface area (Å²) in [5.41, 5.74) is 40.0. The highest BCUT2D eigenvalue weighted by Crippen LogP contribution is 2.27. The lowest BCUT2D eigenvalue weighted by atomic mass is 9.84. The van der Waals surface area contributed by atoms with Crippen molar-refractivity contribution in [3.8, 4) is 0 Å². The molecule has 23 N–H and O–H groups in total. The van der Waals surface area contributed by atoms with Gasteiger partial charge in [0.15, 0.2) is 5.96 Å². The van der Waals surface area contributed by atoms with Gasteiger partial charge in [-0.1, -0.05) is 93.9 Å². The Morgan fingerprint density at radius 2 is 0.756 bits per heavy atom. The van der Waals surface area contributed by atoms with Crippen molar-refractivity contribution in [2.24, 2.45) is 74.7 Å². The molecule has 0 bridgehead atoms. The van der Waals surface area contributed by atoms with Gasteiger partial charge in [-0.3, -0.25) is 52.9 Å². The predicted molar refractivity (Wildman–Crippen MR) is 333 cm³/mol. The molecule has 0 unspecified atom stereocenters. The van der Waals surface area contributed by atoms with E-state index in [1.165, 1.54) is 0 Å². The molecular formula is C59H113N17O10. The summed E-state index contributed by atoms with van der Waals surface area (Å²) in [6.45, 7) is 15.4. The van der Waals surface area contributed by atoms with Crippen LogP contribution >= 0.6 is 0 Å². The lowest BCUT2D eigenvalue weighted by Gasteiger charge is -2.30. The molecule has 494 valence electrons. The molecule has 0 radical (unpaired) electrons. The van der Waals surface area contributed by atoms with Gasteiger partial charge in [-0.15, -0.1) is 0 Å². The van der Waals surface area contributed by atoms with Gasteiger partial charge < -0.3 is 88.0 Å². The number of primary amides is 1. The van der Waals surface area contributed by atoms with Crippen molar-refractivity contribution in [2.45, 2.75) is 245 Å². The molecule has 0 saturated heterocycles. The summed E-state index contributed by atoms with van der Waals surface area (Å²) in [5, 5.41) is 25.0. The molecule has 10 atom stereocenters. The molecule has 27 nitrogen and oxygen atoms in total. The van der Waals surface area contributed by atoms with Gasteiger partial charge in [-0.05, 0) is 146 Å². The van der Waals surface area contributed by atoms with Crippen LogP contribution in [0.1, 0.15) is 190 Å². The van der Waals surface area contributed by atoms with Crippen molar-refractivity contribution in [2.75, 3.05) is 32.7 Å². The third-order valence-electron chi connectivity index (χ3n) is 15.3. The number of guanidine groups is 1. The van der Waals surface area contributed by atoms with Gasteiger partial charge in [0, 0.05) is 6.54 Å². The number of rotatable bonds is 45. The Morgan fingerprint density at radius 3 is 1.10 bits per heavy atom. The molecule has 0 spiro atoms. The maximum Gasteiger partial charge on any atom is 0.243 e. The van der Waals surface area contributed by atoms with E-state index in [1.807, 2.05) is 48.5 Å². The van der Waals surface area contributed by atoms with Gasteiger partial charge in [0.1, 0.15) is 54.4 Å². The minimum absolute atomic E-state index is 0.0116. The summed E-state index contributed by atoms with van der Waals surface area (Å²) in [4.78, 5) is 143. The van der Waals surface area contributed by atoms with Crippen LogP contribution in [0, 0.1) is 29.6 Å². The number of nitrogens with two attached hydrogens (primary N) is 7. The summed E-state index contributed by atoms with van der Waals surface area (Å²) in [6.07, 6.45) is 9.57. The first-order valence-corrected chi connectivity index (χ1v) is 31.6. The molecule has 1 fully saturated rings. The molecular weight excluding hydrogens is 1110 g/mol. The largest absolute Gasteiger partial charge is 0.370 e. The zero-order chi connectivity index (χ0) is 64.9. The zero-order valence-corrected chi connectivity index (χ0v) is 53.0. The van der Waals surface area contributed by atoms with E-state index in [9.17, 15) is 47.9 Å². The number of hydrogen-bond acceptors (Lipinski definition) is 15. The minimum Gasteiger partial charge on any atom is -0.370 e. The molecule has 1 aliphatic carbocycles. The fourth-order valence-electron chi connectivity index (χ4n) is 10.3. The van der Waals surface area contributed by atoms with Gasteiger partial charge in [0.25, 0.3) is 0 Å². The minimum atomic E-state index is -1.32. The number of carbonyl (C=O) groups is 10. The quantitative estimate of drug-likeness (QED) is 0.0205. The number of amides is 10. The Balaban J connectivity index is 3.65. The van der Waals surface area contributed by atoms with Crippen molar-refractivity contribution >= 4 is 65.0 Å². The molecule has 27 heteroatoms. The first-order valence-electron chi connectivity index (χ1n) is 31.6. The van der Waals surface area contributed by atoms with Crippen molar-refractivity contribution in [3.63, 3.8) is 0 Å². The summed E-state index contributed by atoms with van der Waals surface area (Å²) >= 11 is 0. The van der Waals surface area contributed by atoms with E-state index < -0.39 is 119 Å². The van der Waals surface area contributed by atoms with E-state index >= 15 is 0 Å². The molecule has 0 heterocycles. The average Bonchev–Trinajstić information content (AvgIpc) is 3.14. The van der Waals surface area contributed by atoms with Crippen LogP contribution in [0.2, 0.25) is 0 Å². The third kappa shape index (κ3) is 32.0. The smallest absolute Gasteiger partial charge is 0.243 e. The van der Waals surface area contributed by atoms with Crippen LogP contribution in [0.5, 0.6) is 0 Å². The first-order chi connectivity index (χ1) is 40.7. The number of aliphatic imine (C=N–C) groups is 1. The second kappa shape index (κ2) is 43.4. The summed E-state index contributed by atoms with van der Waals surface area (Å²) in [5.74, 6) is -7.40. The molecule has 0 aromatic rings. The van der Waals surface area contributed by atoms with Crippen LogP contribution in [0.25, 0.3) is 0 Å². The lowest BCUT2D eigenvalue weighted by molar-refractivity contribution is -0.137. The van der Waals surface area contributed by atoms with E-state index in [0.29, 0.717) is 57.9 Å². The highest BCUT2D eigenvalue weighted by Gasteiger charge is 2.37. The monoisotopic (exact) mass is 1220 g/mol. The van der Waals surface area contributed by atoms with E-state index in [-0.39, 0.29) is 107 Å². The number of nitrogens with one attached hydrogen (secondary N) is 9. The van der Waals surface area contributed by atoms with Crippen LogP contribution in [-0.2, 0) is 47.9 Å². The van der Waals surface area contributed by atoms with E-state index in [2.05, 4.69) is 52.8 Å². The fourth-order valence-corrected chi connectivity index (χ4v) is 10.3. The van der Waals surface area contributed by atoms with Crippen LogP contribution < -0.4 is 88.0 Å². The zero-order valence-electron chi connectivity index (χ0n) is 53.0. The van der Waals surface area contributed by atoms with Gasteiger partial charge in [0.2, 0.25) is 59.1 Å². The molecule has 0 aromatic carbocycles. The van der Waals surface area contributed by atoms with Gasteiger partial charge in [-0.2, -0.15) is 0 Å². The topological polar surface area (TPSA) is 473 Å². The van der Waals surface area contributed by atoms with E-state index in [0.717, 1.165) is 32.1 Å². The second-order valence-electron chi connectivity index (χ2n) is 24.5. The Kier molecular flexibility index (Phi) is 39.3. The maximum atomic E-state index is 14.6. The third-order valence-corrected chi connectivity index (χ3v) is 15.3. The highest BCUT2D eigenvalue weighted by molar-refractivity contribution is 5.98. The van der Waals surface area contributed by atoms with Crippen LogP contribution in [-0.4, -0.2) is 152 Å². The van der Waals surface area contributed by atoms with Crippen LogP contribution in [0.4, 0.5) is 0 Å². The molecule has 1 saturated carbocycles. The Bertz CT molecular complexity index is 2120. The number of hydrogen-bond donors (Lipinski definition) is 16. The summed E-state index contributed by atoms with van der Waals surface area (Å²) < 4.78 is 0. The van der Waals surface area contributed by atoms with Crippen molar-refractivity contribution in [1.82, 2.24) is 47.9 Å². The molecule has 1 aliphatic rings. The van der Waals surface area contributed by atoms with Crippen molar-refractivity contribution < 1.29 is 47.9 Å². The predicted octanol–water partition coefficient (Wildman–Crippen LogP) is -0.611. The van der Waals surface area contributed by atoms with Crippen molar-refractivity contribution in [1.29, 1.82) is 0 Å². The Labute approximate surface area is 511 Å². The summed E-state index contributed by atoms with van der Waals surface area (Å²) in [7, 11) is 0. The number of carbonyl (C=O) groups excluding carboxylic acids is 10. The highest BCUT2D eigenvalue weighted by atomic mass is 16.2. The first kappa shape index (κ1) is 77.8.